The number of carbonyl (C=O) groups is 1. The van der Waals surface area contributed by atoms with Gasteiger partial charge < -0.3 is 15.2 Å². The molecule has 2 N–H and O–H groups in total. The molecule has 1 aromatic carbocycles. The number of hydrogen-bond acceptors (Lipinski definition) is 4. The van der Waals surface area contributed by atoms with Crippen molar-refractivity contribution in [1.82, 2.24) is 10.2 Å². The monoisotopic (exact) mass is 647 g/mol. The van der Waals surface area contributed by atoms with E-state index in [9.17, 15) is 9.90 Å². The van der Waals surface area contributed by atoms with Crippen molar-refractivity contribution in [1.29, 1.82) is 0 Å². The molecule has 0 unspecified atom stereocenters. The van der Waals surface area contributed by atoms with Gasteiger partial charge >= 0.3 is 5.97 Å². The fourth-order valence-electron chi connectivity index (χ4n) is 14.4. The highest BCUT2D eigenvalue weighted by molar-refractivity contribution is 5.87. The minimum atomic E-state index is -0.830. The maximum atomic E-state index is 11.6. The lowest BCUT2D eigenvalue weighted by Crippen LogP contribution is -2.68. The summed E-state index contributed by atoms with van der Waals surface area (Å²) in [4.78, 5) is 14.2. The predicted molar refractivity (Wildman–Crippen MR) is 191 cm³/mol. The van der Waals surface area contributed by atoms with E-state index in [1.54, 1.807) is 0 Å². The van der Waals surface area contributed by atoms with Gasteiger partial charge in [0.25, 0.3) is 0 Å². The highest BCUT2D eigenvalue weighted by atomic mass is 16.5. The summed E-state index contributed by atoms with van der Waals surface area (Å²) in [7, 11) is 0. The first-order valence-electron chi connectivity index (χ1n) is 19.7. The Morgan fingerprint density at radius 2 is 1.60 bits per heavy atom. The van der Waals surface area contributed by atoms with Crippen molar-refractivity contribution in [3.63, 3.8) is 0 Å². The van der Waals surface area contributed by atoms with Crippen molar-refractivity contribution in [3.05, 3.63) is 35.4 Å². The lowest BCUT2D eigenvalue weighted by molar-refractivity contribution is -0.235. The van der Waals surface area contributed by atoms with E-state index in [1.165, 1.54) is 69.8 Å². The zero-order valence-electron chi connectivity index (χ0n) is 30.9. The van der Waals surface area contributed by atoms with Gasteiger partial charge in [-0.05, 0) is 145 Å². The predicted octanol–water partition coefficient (Wildman–Crippen LogP) is 8.88. The van der Waals surface area contributed by atoms with Crippen LogP contribution in [0.2, 0.25) is 0 Å². The molecule has 5 aliphatic carbocycles. The molecule has 1 aromatic rings. The Morgan fingerprint density at radius 3 is 2.28 bits per heavy atom. The molecule has 1 saturated heterocycles. The second-order valence-electron chi connectivity index (χ2n) is 19.0. The minimum Gasteiger partial charge on any atom is -0.478 e. The number of rotatable bonds is 7. The van der Waals surface area contributed by atoms with E-state index in [0.29, 0.717) is 39.2 Å². The van der Waals surface area contributed by atoms with Gasteiger partial charge in [-0.15, -0.1) is 0 Å². The maximum Gasteiger partial charge on any atom is 0.335 e. The molecule has 5 saturated carbocycles. The van der Waals surface area contributed by atoms with Gasteiger partial charge in [0.15, 0.2) is 0 Å². The van der Waals surface area contributed by atoms with Crippen LogP contribution < -0.4 is 5.32 Å². The van der Waals surface area contributed by atoms with E-state index >= 15 is 0 Å². The van der Waals surface area contributed by atoms with Crippen LogP contribution in [0.5, 0.6) is 0 Å². The van der Waals surface area contributed by atoms with E-state index in [2.05, 4.69) is 70.8 Å². The average Bonchev–Trinajstić information content (AvgIpc) is 3.42. The van der Waals surface area contributed by atoms with Crippen LogP contribution in [0.3, 0.4) is 0 Å². The van der Waals surface area contributed by atoms with Crippen LogP contribution in [0.15, 0.2) is 24.3 Å². The normalized spacial score (nSPS) is 44.7. The topological polar surface area (TPSA) is 61.8 Å². The van der Waals surface area contributed by atoms with Crippen molar-refractivity contribution in [2.75, 3.05) is 39.4 Å². The van der Waals surface area contributed by atoms with Crippen LogP contribution in [-0.4, -0.2) is 60.9 Å². The second-order valence-corrected chi connectivity index (χ2v) is 19.0. The number of nitrogens with one attached hydrogen (secondary N) is 1. The molecule has 1 heterocycles. The summed E-state index contributed by atoms with van der Waals surface area (Å²) in [6.45, 7) is 24.7. The van der Waals surface area contributed by atoms with Crippen LogP contribution in [0.1, 0.15) is 135 Å². The van der Waals surface area contributed by atoms with Crippen molar-refractivity contribution in [3.8, 4) is 0 Å². The number of benzene rings is 1. The summed E-state index contributed by atoms with van der Waals surface area (Å²) in [5.74, 6) is 4.35. The molecule has 6 fully saturated rings. The SMILES string of the molecule is CC(C)[C@@H]1CC[C@]2(NCCN3CCOCC3)CC[C@]3(C)[C@H](CC[C@@H]4[C@@]5(C)CC[C@H](c6ccc(C(=O)O)cc6)C(C)(C)[C@@H]5CC[C@]43C)[C@@H]12. The molecule has 0 aromatic heterocycles. The highest BCUT2D eigenvalue weighted by Gasteiger charge is 2.71. The van der Waals surface area contributed by atoms with Crippen LogP contribution >= 0.6 is 0 Å². The molecule has 0 bridgehead atoms. The first kappa shape index (κ1) is 34.0. The Morgan fingerprint density at radius 1 is 0.872 bits per heavy atom. The Bertz CT molecular complexity index is 1300. The van der Waals surface area contributed by atoms with Gasteiger partial charge in [-0.25, -0.2) is 4.79 Å². The molecule has 1 aliphatic heterocycles. The first-order chi connectivity index (χ1) is 22.3. The van der Waals surface area contributed by atoms with Crippen molar-refractivity contribution < 1.29 is 14.6 Å². The third kappa shape index (κ3) is 5.21. The van der Waals surface area contributed by atoms with Crippen LogP contribution in [-0.2, 0) is 4.74 Å². The first-order valence-corrected chi connectivity index (χ1v) is 19.7. The summed E-state index contributed by atoms with van der Waals surface area (Å²) in [5.41, 5.74) is 3.41. The molecule has 0 spiro atoms. The second kappa shape index (κ2) is 12.1. The Balaban J connectivity index is 1.14. The van der Waals surface area contributed by atoms with Gasteiger partial charge in [0, 0.05) is 31.7 Å². The fourth-order valence-corrected chi connectivity index (χ4v) is 14.4. The molecular weight excluding hydrogens is 580 g/mol. The molecule has 7 rings (SSSR count). The zero-order chi connectivity index (χ0) is 33.4. The van der Waals surface area contributed by atoms with Gasteiger partial charge in [-0.1, -0.05) is 60.6 Å². The van der Waals surface area contributed by atoms with Crippen LogP contribution in [0.4, 0.5) is 0 Å². The quantitative estimate of drug-likeness (QED) is 0.310. The Hall–Kier alpha value is -1.43. The number of carboxylic acids is 1. The van der Waals surface area contributed by atoms with Gasteiger partial charge in [-0.2, -0.15) is 0 Å². The molecule has 5 heteroatoms. The number of ether oxygens (including phenoxy) is 1. The minimum absolute atomic E-state index is 0.192. The fraction of sp³-hybridized carbons (Fsp3) is 0.833. The molecule has 262 valence electrons. The maximum absolute atomic E-state index is 11.6. The van der Waals surface area contributed by atoms with E-state index < -0.39 is 5.97 Å². The highest BCUT2D eigenvalue weighted by Crippen LogP contribution is 2.77. The number of hydrogen-bond donors (Lipinski definition) is 2. The van der Waals surface area contributed by atoms with Crippen LogP contribution in [0, 0.1) is 57.2 Å². The molecule has 5 nitrogen and oxygen atoms in total. The zero-order valence-corrected chi connectivity index (χ0v) is 30.9. The van der Waals surface area contributed by atoms with Crippen molar-refractivity contribution >= 4 is 5.97 Å². The lowest BCUT2D eigenvalue weighted by atomic mass is 9.32. The van der Waals surface area contributed by atoms with E-state index in [-0.39, 0.29) is 5.41 Å². The van der Waals surface area contributed by atoms with E-state index in [1.807, 2.05) is 12.1 Å². The number of nitrogens with zero attached hydrogens (tertiary/aromatic N) is 1. The molecule has 10 atom stereocenters. The summed E-state index contributed by atoms with van der Waals surface area (Å²) in [6, 6.07) is 7.90. The van der Waals surface area contributed by atoms with Gasteiger partial charge in [-0.3, -0.25) is 4.90 Å². The molecule has 47 heavy (non-hydrogen) atoms. The van der Waals surface area contributed by atoms with Crippen molar-refractivity contribution in [2.45, 2.75) is 124 Å². The third-order valence-corrected chi connectivity index (χ3v) is 16.9. The number of carboxylic acid groups (broad SMARTS) is 1. The molecule has 6 aliphatic rings. The smallest absolute Gasteiger partial charge is 0.335 e. The summed E-state index contributed by atoms with van der Waals surface area (Å²) in [5, 5.41) is 13.8. The lowest BCUT2D eigenvalue weighted by Gasteiger charge is -2.73. The van der Waals surface area contributed by atoms with Crippen LogP contribution in [0.25, 0.3) is 0 Å². The van der Waals surface area contributed by atoms with E-state index in [0.717, 1.165) is 69.0 Å². The van der Waals surface area contributed by atoms with Crippen molar-refractivity contribution in [2.24, 2.45) is 57.2 Å². The number of morpholine rings is 1. The largest absolute Gasteiger partial charge is 0.478 e. The Labute approximate surface area is 286 Å². The summed E-state index contributed by atoms with van der Waals surface area (Å²) in [6.07, 6.45) is 13.6. The van der Waals surface area contributed by atoms with E-state index in [4.69, 9.17) is 4.74 Å². The van der Waals surface area contributed by atoms with Gasteiger partial charge in [0.2, 0.25) is 0 Å². The molecular formula is C42H66N2O3. The Kier molecular flexibility index (Phi) is 8.77. The number of fused-ring (bicyclic) bond motifs is 7. The summed E-state index contributed by atoms with van der Waals surface area (Å²) < 4.78 is 5.64. The summed E-state index contributed by atoms with van der Waals surface area (Å²) >= 11 is 0. The molecule has 0 amide bonds. The standard InChI is InChI=1S/C42H66N2O3/c1-28(2)31-14-19-42(43-22-23-44-24-26-47-27-25-44)21-20-40(6)33(36(31)42)12-13-35-39(5)17-15-32(29-8-10-30(11-9-29)37(45)46)38(3,4)34(39)16-18-41(35,40)7/h8-11,28,31-36,43H,12-27H2,1-7H3,(H,45,46)/t31-,32+,33+,34-,35+,36+,39-,40+,41+,42-/m0/s1. The third-order valence-electron chi connectivity index (χ3n) is 16.9. The van der Waals surface area contributed by atoms with Gasteiger partial charge in [0.05, 0.1) is 18.8 Å². The number of aromatic carboxylic acids is 1. The van der Waals surface area contributed by atoms with Gasteiger partial charge in [0.1, 0.15) is 0 Å². The average molecular weight is 647 g/mol. The molecule has 0 radical (unpaired) electrons.